The second kappa shape index (κ2) is 40.2. The summed E-state index contributed by atoms with van der Waals surface area (Å²) in [6.07, 6.45) is 45.8. The highest BCUT2D eigenvalue weighted by molar-refractivity contribution is 7.46. The van der Waals surface area contributed by atoms with Crippen molar-refractivity contribution in [3.63, 3.8) is 0 Å². The smallest absolute Gasteiger partial charge is 0.462 e. The first-order valence-corrected chi connectivity index (χ1v) is 23.6. The largest absolute Gasteiger partial charge is 0.469 e. The highest BCUT2D eigenvalue weighted by atomic mass is 31.2. The molecule has 0 bridgehead atoms. The maximum absolute atomic E-state index is 12.4. The van der Waals surface area contributed by atoms with Gasteiger partial charge in [-0.2, -0.15) is 0 Å². The number of hydrogen-bond donors (Lipinski definition) is 3. The van der Waals surface area contributed by atoms with Crippen LogP contribution in [0.4, 0.5) is 0 Å². The summed E-state index contributed by atoms with van der Waals surface area (Å²) < 4.78 is 26.3. The van der Waals surface area contributed by atoms with Crippen LogP contribution < -0.4 is 0 Å². The zero-order valence-corrected chi connectivity index (χ0v) is 35.8. The lowest BCUT2D eigenvalue weighted by molar-refractivity contribution is -0.161. The third-order valence-corrected chi connectivity index (χ3v) is 9.91. The number of allylic oxidation sites excluding steroid dienone is 7. The highest BCUT2D eigenvalue weighted by Crippen LogP contribution is 2.36. The van der Waals surface area contributed by atoms with E-state index < -0.39 is 38.6 Å². The molecule has 0 heterocycles. The van der Waals surface area contributed by atoms with Crippen molar-refractivity contribution in [2.45, 2.75) is 212 Å². The summed E-state index contributed by atoms with van der Waals surface area (Å²) in [6, 6.07) is 0. The predicted octanol–water partition coefficient (Wildman–Crippen LogP) is 12.5. The quantitative estimate of drug-likeness (QED) is 0.0182. The van der Waals surface area contributed by atoms with Crippen molar-refractivity contribution in [1.82, 2.24) is 0 Å². The van der Waals surface area contributed by atoms with E-state index in [1.807, 2.05) is 12.2 Å². The van der Waals surface area contributed by atoms with Crippen molar-refractivity contribution in [3.8, 4) is 0 Å². The predicted molar refractivity (Wildman–Crippen MR) is 227 cm³/mol. The van der Waals surface area contributed by atoms with Gasteiger partial charge in [-0.05, 0) is 64.2 Å². The van der Waals surface area contributed by atoms with Crippen LogP contribution in [0, 0.1) is 0 Å². The average molecular weight is 797 g/mol. The minimum absolute atomic E-state index is 0.0425. The number of esters is 2. The maximum Gasteiger partial charge on any atom is 0.469 e. The molecule has 0 saturated heterocycles. The maximum atomic E-state index is 12.4. The molecule has 55 heavy (non-hydrogen) atoms. The van der Waals surface area contributed by atoms with E-state index in [1.165, 1.54) is 122 Å². The molecule has 0 aliphatic rings. The Morgan fingerprint density at radius 1 is 0.564 bits per heavy atom. The van der Waals surface area contributed by atoms with Crippen LogP contribution >= 0.6 is 7.82 Å². The standard InChI is InChI=1S/C45H81O9P/c1-3-5-7-9-11-13-15-17-18-19-20-21-22-24-26-28-30-32-34-38-45(48)54-43(41-53-55(49,50)51)40-52-44(47)39-35-37-42(46)36-33-31-29-27-25-23-16-14-12-10-8-6-4-2/h17-18,23,25,29,31,33,36,42-43,46H,3-16,19-22,24,26-28,30,32,34-35,37-41H2,1-2H3,(H2,49,50,51)/b18-17-,25-23+,31-29+,36-33+/t42?,43-/m1/s1. The Labute approximate surface area is 336 Å². The molecule has 2 atom stereocenters. The fourth-order valence-corrected chi connectivity index (χ4v) is 6.44. The third kappa shape index (κ3) is 42.9. The Morgan fingerprint density at radius 2 is 1.04 bits per heavy atom. The molecule has 0 aromatic rings. The van der Waals surface area contributed by atoms with Crippen molar-refractivity contribution < 1.29 is 43.0 Å². The van der Waals surface area contributed by atoms with Crippen molar-refractivity contribution in [2.24, 2.45) is 0 Å². The molecular weight excluding hydrogens is 715 g/mol. The lowest BCUT2D eigenvalue weighted by Crippen LogP contribution is -2.29. The summed E-state index contributed by atoms with van der Waals surface area (Å²) in [7, 11) is -4.80. The van der Waals surface area contributed by atoms with Gasteiger partial charge in [0.15, 0.2) is 6.10 Å². The van der Waals surface area contributed by atoms with Crippen LogP contribution in [0.2, 0.25) is 0 Å². The second-order valence-corrected chi connectivity index (χ2v) is 16.1. The number of hydrogen-bond acceptors (Lipinski definition) is 7. The van der Waals surface area contributed by atoms with E-state index in [0.717, 1.165) is 32.1 Å². The van der Waals surface area contributed by atoms with E-state index >= 15 is 0 Å². The normalized spacial score (nSPS) is 13.5. The Morgan fingerprint density at radius 3 is 1.56 bits per heavy atom. The summed E-state index contributed by atoms with van der Waals surface area (Å²) in [5.41, 5.74) is 0. The van der Waals surface area contributed by atoms with Crippen LogP contribution in [0.5, 0.6) is 0 Å². The molecule has 0 fully saturated rings. The molecule has 9 nitrogen and oxygen atoms in total. The van der Waals surface area contributed by atoms with Gasteiger partial charge in [0.25, 0.3) is 0 Å². The topological polar surface area (TPSA) is 140 Å². The van der Waals surface area contributed by atoms with E-state index in [4.69, 9.17) is 19.3 Å². The molecule has 3 N–H and O–H groups in total. The van der Waals surface area contributed by atoms with Gasteiger partial charge in [-0.3, -0.25) is 14.1 Å². The van der Waals surface area contributed by atoms with Crippen LogP contribution in [0.25, 0.3) is 0 Å². The summed E-state index contributed by atoms with van der Waals surface area (Å²) in [5, 5.41) is 10.2. The van der Waals surface area contributed by atoms with E-state index in [0.29, 0.717) is 19.3 Å². The molecule has 0 spiro atoms. The summed E-state index contributed by atoms with van der Waals surface area (Å²) in [5.74, 6) is -1.08. The van der Waals surface area contributed by atoms with Crippen LogP contribution in [0.3, 0.4) is 0 Å². The molecule has 0 radical (unpaired) electrons. The van der Waals surface area contributed by atoms with Crippen molar-refractivity contribution in [3.05, 3.63) is 48.6 Å². The van der Waals surface area contributed by atoms with Gasteiger partial charge in [0.2, 0.25) is 0 Å². The first-order valence-electron chi connectivity index (χ1n) is 22.0. The van der Waals surface area contributed by atoms with Crippen LogP contribution in [-0.4, -0.2) is 52.3 Å². The lowest BCUT2D eigenvalue weighted by Gasteiger charge is -2.18. The summed E-state index contributed by atoms with van der Waals surface area (Å²) in [4.78, 5) is 42.9. The average Bonchev–Trinajstić information content (AvgIpc) is 3.15. The number of phosphoric ester groups is 1. The van der Waals surface area contributed by atoms with Gasteiger partial charge < -0.3 is 24.4 Å². The second-order valence-electron chi connectivity index (χ2n) is 14.9. The van der Waals surface area contributed by atoms with Crippen LogP contribution in [0.15, 0.2) is 48.6 Å². The highest BCUT2D eigenvalue weighted by Gasteiger charge is 2.23. The molecule has 0 aromatic heterocycles. The SMILES string of the molecule is CCCCCCCC/C=C\CCCCCCCCCCCC(=O)O[C@H](COC(=O)CCCC(O)/C=C/C=C/C/C=C/CCCCCCCC)COP(=O)(O)O. The molecule has 0 amide bonds. The Hall–Kier alpha value is -2.03. The number of ether oxygens (including phenoxy) is 2. The Kier molecular flexibility index (Phi) is 38.7. The number of unbranched alkanes of at least 4 members (excludes halogenated alkanes) is 21. The Balaban J connectivity index is 4.06. The number of aliphatic hydroxyl groups excluding tert-OH is 1. The minimum Gasteiger partial charge on any atom is -0.462 e. The van der Waals surface area contributed by atoms with Gasteiger partial charge in [-0.1, -0.05) is 172 Å². The minimum atomic E-state index is -4.80. The molecule has 0 aliphatic heterocycles. The van der Waals surface area contributed by atoms with Gasteiger partial charge >= 0.3 is 19.8 Å². The van der Waals surface area contributed by atoms with E-state index in [2.05, 4.69) is 42.7 Å². The molecule has 10 heteroatoms. The number of phosphoric acid groups is 1. The van der Waals surface area contributed by atoms with Gasteiger partial charge in [-0.15, -0.1) is 0 Å². The molecule has 0 aromatic carbocycles. The summed E-state index contributed by atoms with van der Waals surface area (Å²) >= 11 is 0. The Bertz CT molecular complexity index is 1050. The fraction of sp³-hybridized carbons (Fsp3) is 0.778. The van der Waals surface area contributed by atoms with Gasteiger partial charge in [-0.25, -0.2) is 4.57 Å². The first-order chi connectivity index (χ1) is 26.7. The van der Waals surface area contributed by atoms with Crippen molar-refractivity contribution in [2.75, 3.05) is 13.2 Å². The lowest BCUT2D eigenvalue weighted by atomic mass is 10.1. The molecule has 0 rings (SSSR count). The van der Waals surface area contributed by atoms with Gasteiger partial charge in [0.05, 0.1) is 12.7 Å². The van der Waals surface area contributed by atoms with Crippen LogP contribution in [0.1, 0.15) is 200 Å². The van der Waals surface area contributed by atoms with Crippen molar-refractivity contribution >= 4 is 19.8 Å². The number of aliphatic hydroxyl groups is 1. The number of carbonyl (C=O) groups excluding carboxylic acids is 2. The number of rotatable bonds is 40. The first kappa shape index (κ1) is 53.0. The van der Waals surface area contributed by atoms with E-state index in [-0.39, 0.29) is 19.4 Å². The molecule has 1 unspecified atom stereocenters. The van der Waals surface area contributed by atoms with Gasteiger partial charge in [0.1, 0.15) is 6.61 Å². The van der Waals surface area contributed by atoms with Gasteiger partial charge in [0, 0.05) is 12.8 Å². The van der Waals surface area contributed by atoms with E-state index in [1.54, 1.807) is 12.2 Å². The fourth-order valence-electron chi connectivity index (χ4n) is 6.08. The monoisotopic (exact) mass is 797 g/mol. The molecule has 320 valence electrons. The number of carbonyl (C=O) groups is 2. The zero-order chi connectivity index (χ0) is 40.5. The summed E-state index contributed by atoms with van der Waals surface area (Å²) in [6.45, 7) is 3.52. The van der Waals surface area contributed by atoms with Crippen LogP contribution in [-0.2, 0) is 28.2 Å². The molecule has 0 aliphatic carbocycles. The zero-order valence-electron chi connectivity index (χ0n) is 34.9. The molecule has 0 saturated carbocycles. The third-order valence-electron chi connectivity index (χ3n) is 9.42. The van der Waals surface area contributed by atoms with E-state index in [9.17, 15) is 19.3 Å². The van der Waals surface area contributed by atoms with Crippen molar-refractivity contribution in [1.29, 1.82) is 0 Å². The molecular formula is C45H81O9P.